The molecule has 6 heteroatoms. The zero-order valence-corrected chi connectivity index (χ0v) is 9.80. The number of hydrogen-bond acceptors (Lipinski definition) is 3. The molecule has 1 N–H and O–H groups in total. The smallest absolute Gasteiger partial charge is 0.410 e. The highest BCUT2D eigenvalue weighted by atomic mass is 19.3. The van der Waals surface area contributed by atoms with Crippen LogP contribution < -0.4 is 5.32 Å². The molecule has 16 heavy (non-hydrogen) atoms. The second-order valence-electron chi connectivity index (χ2n) is 4.78. The Bertz CT molecular complexity index is 254. The summed E-state index contributed by atoms with van der Waals surface area (Å²) in [5.41, 5.74) is -0.658. The van der Waals surface area contributed by atoms with Crippen molar-refractivity contribution in [2.75, 3.05) is 19.6 Å². The maximum atomic E-state index is 12.7. The van der Waals surface area contributed by atoms with Gasteiger partial charge in [0.15, 0.2) is 0 Å². The molecule has 4 nitrogen and oxygen atoms in total. The second-order valence-corrected chi connectivity index (χ2v) is 4.78. The van der Waals surface area contributed by atoms with Gasteiger partial charge in [-0.15, -0.1) is 0 Å². The van der Waals surface area contributed by atoms with Gasteiger partial charge in [-0.25, -0.2) is 13.6 Å². The van der Waals surface area contributed by atoms with Crippen molar-refractivity contribution < 1.29 is 18.3 Å². The predicted molar refractivity (Wildman–Crippen MR) is 55.6 cm³/mol. The van der Waals surface area contributed by atoms with Crippen LogP contribution in [0.25, 0.3) is 0 Å². The summed E-state index contributed by atoms with van der Waals surface area (Å²) < 4.78 is 30.4. The summed E-state index contributed by atoms with van der Waals surface area (Å²) in [6.45, 7) is 6.02. The highest BCUT2D eigenvalue weighted by molar-refractivity contribution is 5.68. The molecule has 1 fully saturated rings. The van der Waals surface area contributed by atoms with Gasteiger partial charge in [-0.2, -0.15) is 0 Å². The van der Waals surface area contributed by atoms with E-state index in [1.807, 2.05) is 0 Å². The van der Waals surface area contributed by atoms with Crippen LogP contribution in [0.3, 0.4) is 0 Å². The number of ether oxygens (including phenoxy) is 1. The Hall–Kier alpha value is -0.910. The van der Waals surface area contributed by atoms with Crippen LogP contribution in [-0.2, 0) is 4.74 Å². The number of nitrogens with zero attached hydrogens (tertiary/aromatic N) is 1. The number of carbonyl (C=O) groups excluding carboxylic acids is 1. The fourth-order valence-electron chi connectivity index (χ4n) is 1.50. The molecule has 0 aromatic carbocycles. The molecular formula is C10H18F2N2O2. The van der Waals surface area contributed by atoms with Gasteiger partial charge >= 0.3 is 6.09 Å². The standard InChI is InChI=1S/C10H18F2N2O2/c1-10(2,3)16-9(15)14-5-4-13-6-7(14)8(11)12/h7-8,13H,4-6H2,1-3H3/t7-/m1/s1. The molecule has 94 valence electrons. The Kier molecular flexibility index (Phi) is 4.07. The van der Waals surface area contributed by atoms with Crippen molar-refractivity contribution >= 4 is 6.09 Å². The van der Waals surface area contributed by atoms with Crippen molar-refractivity contribution in [2.45, 2.75) is 38.8 Å². The molecule has 1 amide bonds. The van der Waals surface area contributed by atoms with Gasteiger partial charge in [-0.1, -0.05) is 0 Å². The highest BCUT2D eigenvalue weighted by Crippen LogP contribution is 2.16. The first-order valence-electron chi connectivity index (χ1n) is 5.30. The quantitative estimate of drug-likeness (QED) is 0.749. The molecule has 1 atom stereocenters. The second kappa shape index (κ2) is 4.95. The van der Waals surface area contributed by atoms with Gasteiger partial charge in [0.1, 0.15) is 11.6 Å². The predicted octanol–water partition coefficient (Wildman–Crippen LogP) is 1.46. The highest BCUT2D eigenvalue weighted by Gasteiger charge is 2.35. The minimum absolute atomic E-state index is 0.108. The zero-order chi connectivity index (χ0) is 12.3. The monoisotopic (exact) mass is 236 g/mol. The summed E-state index contributed by atoms with van der Waals surface area (Å²) >= 11 is 0. The lowest BCUT2D eigenvalue weighted by Gasteiger charge is -2.36. The molecule has 1 aliphatic rings. The van der Waals surface area contributed by atoms with E-state index in [1.165, 1.54) is 0 Å². The molecular weight excluding hydrogens is 218 g/mol. The number of hydrogen-bond donors (Lipinski definition) is 1. The van der Waals surface area contributed by atoms with E-state index in [9.17, 15) is 13.6 Å². The van der Waals surface area contributed by atoms with Crippen LogP contribution in [-0.4, -0.2) is 48.7 Å². The third kappa shape index (κ3) is 3.59. The lowest BCUT2D eigenvalue weighted by molar-refractivity contribution is -0.0214. The Morgan fingerprint density at radius 3 is 2.62 bits per heavy atom. The van der Waals surface area contributed by atoms with Gasteiger partial charge in [0.05, 0.1) is 0 Å². The number of carbonyl (C=O) groups is 1. The van der Waals surface area contributed by atoms with E-state index in [2.05, 4.69) is 5.32 Å². The van der Waals surface area contributed by atoms with Crippen molar-refractivity contribution in [3.63, 3.8) is 0 Å². The molecule has 0 unspecified atom stereocenters. The van der Waals surface area contributed by atoms with E-state index in [0.717, 1.165) is 4.90 Å². The molecule has 0 radical (unpaired) electrons. The summed E-state index contributed by atoms with van der Waals surface area (Å²) in [6, 6.07) is -1.09. The van der Waals surface area contributed by atoms with Crippen LogP contribution >= 0.6 is 0 Å². The van der Waals surface area contributed by atoms with E-state index >= 15 is 0 Å². The van der Waals surface area contributed by atoms with Crippen molar-refractivity contribution in [1.29, 1.82) is 0 Å². The normalized spacial score (nSPS) is 22.4. The van der Waals surface area contributed by atoms with Crippen LogP contribution in [0.1, 0.15) is 20.8 Å². The summed E-state index contributed by atoms with van der Waals surface area (Å²) in [7, 11) is 0. The average Bonchev–Trinajstić information content (AvgIpc) is 2.15. The van der Waals surface area contributed by atoms with E-state index in [4.69, 9.17) is 4.74 Å². The summed E-state index contributed by atoms with van der Waals surface area (Å²) in [6.07, 6.45) is -3.22. The number of rotatable bonds is 1. The summed E-state index contributed by atoms with van der Waals surface area (Å²) in [5, 5.41) is 2.83. The van der Waals surface area contributed by atoms with Gasteiger partial charge in [-0.3, -0.25) is 4.90 Å². The lowest BCUT2D eigenvalue weighted by atomic mass is 10.2. The van der Waals surface area contributed by atoms with Crippen molar-refractivity contribution in [1.82, 2.24) is 10.2 Å². The average molecular weight is 236 g/mol. The minimum Gasteiger partial charge on any atom is -0.444 e. The lowest BCUT2D eigenvalue weighted by Crippen LogP contribution is -2.57. The molecule has 1 saturated heterocycles. The molecule has 0 saturated carbocycles. The van der Waals surface area contributed by atoms with Gasteiger partial charge < -0.3 is 10.1 Å². The van der Waals surface area contributed by atoms with Gasteiger partial charge in [0.25, 0.3) is 6.43 Å². The van der Waals surface area contributed by atoms with Gasteiger partial charge in [0, 0.05) is 19.6 Å². The number of piperazine rings is 1. The molecule has 0 aromatic rings. The summed E-state index contributed by atoms with van der Waals surface area (Å²) in [5.74, 6) is 0. The SMILES string of the molecule is CC(C)(C)OC(=O)N1CCNC[C@@H]1C(F)F. The maximum absolute atomic E-state index is 12.7. The Labute approximate surface area is 93.9 Å². The third-order valence-electron chi connectivity index (χ3n) is 2.20. The van der Waals surface area contributed by atoms with Crippen LogP contribution in [0.5, 0.6) is 0 Å². The number of halogens is 2. The Morgan fingerprint density at radius 1 is 1.50 bits per heavy atom. The molecule has 0 aliphatic carbocycles. The van der Waals surface area contributed by atoms with Crippen molar-refractivity contribution in [2.24, 2.45) is 0 Å². The number of nitrogens with one attached hydrogen (secondary N) is 1. The topological polar surface area (TPSA) is 41.6 Å². The number of amides is 1. The Balaban J connectivity index is 2.64. The van der Waals surface area contributed by atoms with Crippen LogP contribution in [0.15, 0.2) is 0 Å². The van der Waals surface area contributed by atoms with Gasteiger partial charge in [0.2, 0.25) is 0 Å². The summed E-state index contributed by atoms with van der Waals surface area (Å²) in [4.78, 5) is 12.8. The number of alkyl halides is 2. The van der Waals surface area contributed by atoms with E-state index in [0.29, 0.717) is 6.54 Å². The maximum Gasteiger partial charge on any atom is 0.410 e. The molecule has 0 spiro atoms. The minimum atomic E-state index is -2.56. The van der Waals surface area contributed by atoms with Crippen LogP contribution in [0.4, 0.5) is 13.6 Å². The first kappa shape index (κ1) is 13.2. The zero-order valence-electron chi connectivity index (χ0n) is 9.80. The van der Waals surface area contributed by atoms with E-state index in [1.54, 1.807) is 20.8 Å². The third-order valence-corrected chi connectivity index (χ3v) is 2.20. The van der Waals surface area contributed by atoms with Crippen LogP contribution in [0.2, 0.25) is 0 Å². The molecule has 0 bridgehead atoms. The largest absolute Gasteiger partial charge is 0.444 e. The van der Waals surface area contributed by atoms with E-state index in [-0.39, 0.29) is 13.1 Å². The van der Waals surface area contributed by atoms with Crippen molar-refractivity contribution in [3.8, 4) is 0 Å². The first-order chi connectivity index (χ1) is 7.31. The first-order valence-corrected chi connectivity index (χ1v) is 5.30. The molecule has 1 heterocycles. The van der Waals surface area contributed by atoms with Crippen LogP contribution in [0, 0.1) is 0 Å². The van der Waals surface area contributed by atoms with Crippen molar-refractivity contribution in [3.05, 3.63) is 0 Å². The fraction of sp³-hybridized carbons (Fsp3) is 0.900. The molecule has 1 aliphatic heterocycles. The molecule has 0 aromatic heterocycles. The Morgan fingerprint density at radius 2 is 2.12 bits per heavy atom. The molecule has 1 rings (SSSR count). The fourth-order valence-corrected chi connectivity index (χ4v) is 1.50. The van der Waals surface area contributed by atoms with E-state index < -0.39 is 24.2 Å². The van der Waals surface area contributed by atoms with Gasteiger partial charge in [-0.05, 0) is 20.8 Å².